The number of thioether (sulfide) groups is 1. The van der Waals surface area contributed by atoms with Crippen molar-refractivity contribution in [3.8, 4) is 0 Å². The third-order valence-corrected chi connectivity index (χ3v) is 3.90. The SMILES string of the molecule is NCc1cc(F)c(N2CCCSCC2)c(F)c1. The smallest absolute Gasteiger partial charge is 0.149 e. The first-order valence-electron chi connectivity index (χ1n) is 5.73. The molecule has 17 heavy (non-hydrogen) atoms. The summed E-state index contributed by atoms with van der Waals surface area (Å²) in [4.78, 5) is 1.80. The van der Waals surface area contributed by atoms with Crippen molar-refractivity contribution in [1.29, 1.82) is 0 Å². The summed E-state index contributed by atoms with van der Waals surface area (Å²) in [7, 11) is 0. The van der Waals surface area contributed by atoms with Crippen LogP contribution >= 0.6 is 11.8 Å². The lowest BCUT2D eigenvalue weighted by Crippen LogP contribution is -2.27. The van der Waals surface area contributed by atoms with Crippen LogP contribution < -0.4 is 10.6 Å². The van der Waals surface area contributed by atoms with Gasteiger partial charge in [0, 0.05) is 25.4 Å². The topological polar surface area (TPSA) is 29.3 Å². The van der Waals surface area contributed by atoms with Crippen molar-refractivity contribution in [2.24, 2.45) is 5.73 Å². The van der Waals surface area contributed by atoms with Crippen LogP contribution in [0.5, 0.6) is 0 Å². The number of hydrogen-bond acceptors (Lipinski definition) is 3. The summed E-state index contributed by atoms with van der Waals surface area (Å²) >= 11 is 1.83. The van der Waals surface area contributed by atoms with E-state index in [4.69, 9.17) is 5.73 Å². The van der Waals surface area contributed by atoms with Crippen LogP contribution in [0, 0.1) is 11.6 Å². The normalized spacial score (nSPS) is 17.0. The minimum absolute atomic E-state index is 0.102. The monoisotopic (exact) mass is 258 g/mol. The summed E-state index contributed by atoms with van der Waals surface area (Å²) in [6, 6.07) is 2.66. The standard InChI is InChI=1S/C12H16F2N2S/c13-10-6-9(8-15)7-11(14)12(10)16-2-1-4-17-5-3-16/h6-7H,1-5,8,15H2. The van der Waals surface area contributed by atoms with Gasteiger partial charge < -0.3 is 10.6 Å². The van der Waals surface area contributed by atoms with Gasteiger partial charge in [0.15, 0.2) is 0 Å². The number of hydrogen-bond donors (Lipinski definition) is 1. The fourth-order valence-corrected chi connectivity index (χ4v) is 2.89. The first-order valence-corrected chi connectivity index (χ1v) is 6.88. The molecule has 1 saturated heterocycles. The molecule has 1 aromatic carbocycles. The Morgan fingerprint density at radius 1 is 1.18 bits per heavy atom. The lowest BCUT2D eigenvalue weighted by molar-refractivity contribution is 0.569. The summed E-state index contributed by atoms with van der Waals surface area (Å²) in [6.45, 7) is 1.56. The van der Waals surface area contributed by atoms with E-state index in [0.29, 0.717) is 18.7 Å². The van der Waals surface area contributed by atoms with E-state index in [1.807, 2.05) is 11.8 Å². The van der Waals surface area contributed by atoms with Gasteiger partial charge in [-0.3, -0.25) is 0 Å². The van der Waals surface area contributed by atoms with E-state index >= 15 is 0 Å². The fourth-order valence-electron chi connectivity index (χ4n) is 2.01. The zero-order chi connectivity index (χ0) is 12.3. The molecule has 1 fully saturated rings. The molecular formula is C12H16F2N2S. The van der Waals surface area contributed by atoms with Crippen LogP contribution in [0.1, 0.15) is 12.0 Å². The molecule has 2 rings (SSSR count). The molecule has 1 aromatic rings. The molecule has 0 amide bonds. The molecule has 1 heterocycles. The van der Waals surface area contributed by atoms with Gasteiger partial charge in [0.05, 0.1) is 0 Å². The maximum absolute atomic E-state index is 13.9. The van der Waals surface area contributed by atoms with Gasteiger partial charge in [-0.1, -0.05) is 0 Å². The molecule has 0 saturated carbocycles. The Balaban J connectivity index is 2.30. The van der Waals surface area contributed by atoms with E-state index in [1.54, 1.807) is 4.90 Å². The van der Waals surface area contributed by atoms with Crippen molar-refractivity contribution in [3.05, 3.63) is 29.3 Å². The van der Waals surface area contributed by atoms with Crippen molar-refractivity contribution in [2.75, 3.05) is 29.5 Å². The van der Waals surface area contributed by atoms with Gasteiger partial charge in [0.25, 0.3) is 0 Å². The van der Waals surface area contributed by atoms with Crippen molar-refractivity contribution < 1.29 is 8.78 Å². The second-order valence-electron chi connectivity index (χ2n) is 4.07. The summed E-state index contributed by atoms with van der Waals surface area (Å²) in [5.41, 5.74) is 5.99. The highest BCUT2D eigenvalue weighted by Gasteiger charge is 2.19. The van der Waals surface area contributed by atoms with Gasteiger partial charge >= 0.3 is 0 Å². The minimum atomic E-state index is -0.502. The largest absolute Gasteiger partial charge is 0.366 e. The van der Waals surface area contributed by atoms with Crippen LogP contribution in [-0.4, -0.2) is 24.6 Å². The molecule has 5 heteroatoms. The van der Waals surface area contributed by atoms with E-state index < -0.39 is 11.6 Å². The summed E-state index contributed by atoms with van der Waals surface area (Å²) in [5, 5.41) is 0. The van der Waals surface area contributed by atoms with Crippen LogP contribution in [0.2, 0.25) is 0 Å². The van der Waals surface area contributed by atoms with Crippen molar-refractivity contribution in [2.45, 2.75) is 13.0 Å². The molecule has 0 aliphatic carbocycles. The van der Waals surface area contributed by atoms with E-state index in [2.05, 4.69) is 0 Å². The molecule has 0 unspecified atom stereocenters. The van der Waals surface area contributed by atoms with Crippen molar-refractivity contribution >= 4 is 17.4 Å². The maximum atomic E-state index is 13.9. The predicted octanol–water partition coefficient (Wildman–Crippen LogP) is 2.37. The van der Waals surface area contributed by atoms with E-state index in [1.165, 1.54) is 12.1 Å². The number of nitrogens with zero attached hydrogens (tertiary/aromatic N) is 1. The molecule has 94 valence electrons. The molecular weight excluding hydrogens is 242 g/mol. The van der Waals surface area contributed by atoms with Crippen LogP contribution in [0.3, 0.4) is 0 Å². The fraction of sp³-hybridized carbons (Fsp3) is 0.500. The lowest BCUT2D eigenvalue weighted by atomic mass is 10.1. The Kier molecular flexibility index (Phi) is 4.23. The average Bonchev–Trinajstić information content (AvgIpc) is 2.57. The highest BCUT2D eigenvalue weighted by Crippen LogP contribution is 2.27. The number of halogens is 2. The van der Waals surface area contributed by atoms with Gasteiger partial charge in [-0.2, -0.15) is 11.8 Å². The Labute approximate surface area is 104 Å². The third kappa shape index (κ3) is 2.90. The first kappa shape index (κ1) is 12.6. The zero-order valence-electron chi connectivity index (χ0n) is 9.59. The molecule has 0 radical (unpaired) electrons. The Morgan fingerprint density at radius 3 is 2.53 bits per heavy atom. The highest BCUT2D eigenvalue weighted by molar-refractivity contribution is 7.99. The number of benzene rings is 1. The molecule has 0 aromatic heterocycles. The molecule has 0 bridgehead atoms. The number of rotatable bonds is 2. The van der Waals surface area contributed by atoms with Crippen molar-refractivity contribution in [1.82, 2.24) is 0 Å². The molecule has 1 aliphatic rings. The number of anilines is 1. The van der Waals surface area contributed by atoms with Crippen LogP contribution in [0.25, 0.3) is 0 Å². The maximum Gasteiger partial charge on any atom is 0.149 e. The summed E-state index contributed by atoms with van der Waals surface area (Å²) in [6.07, 6.45) is 0.961. The van der Waals surface area contributed by atoms with Crippen LogP contribution in [0.4, 0.5) is 14.5 Å². The van der Waals surface area contributed by atoms with E-state index in [-0.39, 0.29) is 12.2 Å². The highest BCUT2D eigenvalue weighted by atomic mass is 32.2. The van der Waals surface area contributed by atoms with Gasteiger partial charge in [-0.05, 0) is 29.9 Å². The Bertz CT molecular complexity index is 367. The van der Waals surface area contributed by atoms with Crippen LogP contribution in [0.15, 0.2) is 12.1 Å². The van der Waals surface area contributed by atoms with Gasteiger partial charge in [-0.25, -0.2) is 8.78 Å². The first-order chi connectivity index (χ1) is 8.22. The molecule has 0 atom stereocenters. The Hall–Kier alpha value is -0.810. The van der Waals surface area contributed by atoms with E-state index in [0.717, 1.165) is 17.9 Å². The summed E-state index contributed by atoms with van der Waals surface area (Å²) in [5.74, 6) is 0.965. The zero-order valence-corrected chi connectivity index (χ0v) is 10.4. The molecule has 0 spiro atoms. The minimum Gasteiger partial charge on any atom is -0.366 e. The molecule has 2 nitrogen and oxygen atoms in total. The Morgan fingerprint density at radius 2 is 1.88 bits per heavy atom. The third-order valence-electron chi connectivity index (χ3n) is 2.85. The van der Waals surface area contributed by atoms with Crippen LogP contribution in [-0.2, 0) is 6.54 Å². The second kappa shape index (κ2) is 5.69. The quantitative estimate of drug-likeness (QED) is 0.883. The van der Waals surface area contributed by atoms with Gasteiger partial charge in [0.1, 0.15) is 17.3 Å². The lowest BCUT2D eigenvalue weighted by Gasteiger charge is -2.23. The van der Waals surface area contributed by atoms with Gasteiger partial charge in [0.2, 0.25) is 0 Å². The van der Waals surface area contributed by atoms with Crippen molar-refractivity contribution in [3.63, 3.8) is 0 Å². The molecule has 1 aliphatic heterocycles. The predicted molar refractivity (Wildman–Crippen MR) is 68.4 cm³/mol. The molecule has 2 N–H and O–H groups in total. The average molecular weight is 258 g/mol. The van der Waals surface area contributed by atoms with E-state index in [9.17, 15) is 8.78 Å². The summed E-state index contributed by atoms with van der Waals surface area (Å²) < 4.78 is 27.7. The van der Waals surface area contributed by atoms with Gasteiger partial charge in [-0.15, -0.1) is 0 Å². The number of nitrogens with two attached hydrogens (primary N) is 1. The second-order valence-corrected chi connectivity index (χ2v) is 5.29.